The Morgan fingerprint density at radius 2 is 0.445 bits per heavy atom. The maximum atomic E-state index is 6.99. The second-order valence-corrected chi connectivity index (χ2v) is 27.6. The number of nitrogens with zero attached hydrogens (tertiary/aromatic N) is 6. The van der Waals surface area contributed by atoms with Gasteiger partial charge >= 0.3 is 0 Å². The van der Waals surface area contributed by atoms with Gasteiger partial charge in [-0.25, -0.2) is 29.9 Å². The average molecular weight is 1410 g/mol. The molecular formula is C102H64N6O2. The highest BCUT2D eigenvalue weighted by Gasteiger charge is 2.24. The summed E-state index contributed by atoms with van der Waals surface area (Å²) in [5.41, 5.74) is 22.4. The molecule has 21 aromatic rings. The van der Waals surface area contributed by atoms with Gasteiger partial charge in [0.2, 0.25) is 0 Å². The molecule has 4 heterocycles. The van der Waals surface area contributed by atoms with Crippen molar-refractivity contribution in [3.05, 3.63) is 388 Å². The molecule has 514 valence electrons. The number of hydrogen-bond donors (Lipinski definition) is 0. The molecule has 0 aliphatic carbocycles. The lowest BCUT2D eigenvalue weighted by Gasteiger charge is -2.13. The Kier molecular flexibility index (Phi) is 16.4. The van der Waals surface area contributed by atoms with Crippen LogP contribution in [0, 0.1) is 0 Å². The van der Waals surface area contributed by atoms with Crippen LogP contribution in [0.4, 0.5) is 0 Å². The van der Waals surface area contributed by atoms with Crippen molar-refractivity contribution in [3.8, 4) is 135 Å². The molecule has 21 rings (SSSR count). The lowest BCUT2D eigenvalue weighted by Crippen LogP contribution is -2.00. The first kappa shape index (κ1) is 64.7. The molecule has 8 nitrogen and oxygen atoms in total. The quantitative estimate of drug-likeness (QED) is 0.119. The SMILES string of the molecule is c1ccc(-c2cc(-c3ccccc3)cc(-c3cc4oc5c(-c6nc(-c7ccccc7)nc(-c7ccc8ccccc8c7)n6)cccc5c4c4ccccc34)c2)cc1.c1ccc(-c2ccc(-c3ccc(-c4cc5oc6c(-c7nc(-c8ccccc8)nc(-c8ccccc8)n7)cccc6c5c5ccccc45)cc3)cc2)cc1. The molecule has 0 aliphatic rings. The van der Waals surface area contributed by atoms with Crippen LogP contribution < -0.4 is 0 Å². The van der Waals surface area contributed by atoms with Gasteiger partial charge in [-0.1, -0.05) is 340 Å². The Morgan fingerprint density at radius 1 is 0.155 bits per heavy atom. The minimum absolute atomic E-state index is 0.560. The summed E-state index contributed by atoms with van der Waals surface area (Å²) in [6.07, 6.45) is 0. The molecule has 0 bridgehead atoms. The molecule has 17 aromatic carbocycles. The summed E-state index contributed by atoms with van der Waals surface area (Å²) in [5, 5.41) is 11.1. The molecule has 0 unspecified atom stereocenters. The van der Waals surface area contributed by atoms with Crippen LogP contribution in [-0.2, 0) is 0 Å². The zero-order valence-electron chi connectivity index (χ0n) is 59.5. The number of para-hydroxylation sites is 2. The van der Waals surface area contributed by atoms with E-state index in [1.807, 2.05) is 103 Å². The van der Waals surface area contributed by atoms with Crippen molar-refractivity contribution in [2.75, 3.05) is 0 Å². The highest BCUT2D eigenvalue weighted by Crippen LogP contribution is 2.47. The van der Waals surface area contributed by atoms with Gasteiger partial charge < -0.3 is 8.83 Å². The molecule has 0 atom stereocenters. The van der Waals surface area contributed by atoms with Crippen LogP contribution in [0.5, 0.6) is 0 Å². The van der Waals surface area contributed by atoms with Gasteiger partial charge in [-0.3, -0.25) is 0 Å². The Balaban J connectivity index is 0.000000144. The van der Waals surface area contributed by atoms with Gasteiger partial charge in [0, 0.05) is 43.8 Å². The zero-order chi connectivity index (χ0) is 72.9. The van der Waals surface area contributed by atoms with Crippen LogP contribution in [0.1, 0.15) is 0 Å². The summed E-state index contributed by atoms with van der Waals surface area (Å²) in [4.78, 5) is 30.2. The second-order valence-electron chi connectivity index (χ2n) is 27.6. The van der Waals surface area contributed by atoms with Crippen molar-refractivity contribution in [2.24, 2.45) is 0 Å². The minimum Gasteiger partial charge on any atom is -0.455 e. The molecule has 0 fully saturated rings. The van der Waals surface area contributed by atoms with Crippen LogP contribution in [0.3, 0.4) is 0 Å². The topological polar surface area (TPSA) is 104 Å². The normalized spacial score (nSPS) is 11.5. The monoisotopic (exact) mass is 1400 g/mol. The highest BCUT2D eigenvalue weighted by atomic mass is 16.3. The van der Waals surface area contributed by atoms with E-state index >= 15 is 0 Å². The summed E-state index contributed by atoms with van der Waals surface area (Å²) >= 11 is 0. The van der Waals surface area contributed by atoms with E-state index in [1.165, 1.54) is 44.2 Å². The van der Waals surface area contributed by atoms with E-state index < -0.39 is 0 Å². The van der Waals surface area contributed by atoms with Crippen LogP contribution in [0.25, 0.3) is 211 Å². The highest BCUT2D eigenvalue weighted by molar-refractivity contribution is 6.25. The third-order valence-electron chi connectivity index (χ3n) is 20.8. The predicted octanol–water partition coefficient (Wildman–Crippen LogP) is 27.0. The van der Waals surface area contributed by atoms with Crippen LogP contribution in [0.15, 0.2) is 397 Å². The van der Waals surface area contributed by atoms with Crippen molar-refractivity contribution in [3.63, 3.8) is 0 Å². The van der Waals surface area contributed by atoms with E-state index in [9.17, 15) is 0 Å². The lowest BCUT2D eigenvalue weighted by molar-refractivity contribution is 0.669. The molecule has 0 spiro atoms. The Hall–Kier alpha value is -14.9. The maximum absolute atomic E-state index is 6.99. The molecule has 8 heteroatoms. The van der Waals surface area contributed by atoms with Crippen LogP contribution >= 0.6 is 0 Å². The van der Waals surface area contributed by atoms with E-state index in [0.29, 0.717) is 34.9 Å². The van der Waals surface area contributed by atoms with Gasteiger partial charge in [0.15, 0.2) is 34.9 Å². The Morgan fingerprint density at radius 3 is 0.864 bits per heavy atom. The van der Waals surface area contributed by atoms with Crippen molar-refractivity contribution < 1.29 is 8.83 Å². The number of aromatic nitrogens is 6. The second kappa shape index (κ2) is 27.9. The standard InChI is InChI=1S/C53H33N3O.C49H31N3O/c1-4-15-34(16-5-1)40-30-41(35-17-6-2-7-18-35)32-42(31-40)47-33-48-49(44-24-13-12-23-43(44)47)45-25-14-26-46(50(45)57-48)53-55-51(37-20-8-3-9-21-37)54-52(56-53)39-28-27-36-19-10-11-22-38(36)29-39;1-4-13-32(14-5-1)33-23-25-34(26-24-33)35-27-29-36(30-28-35)43-31-44-45(40-20-11-10-19-39(40)43)41-21-12-22-42(46(41)53-44)49-51-47(37-15-6-2-7-16-37)50-48(52-49)38-17-8-3-9-18-38/h1-33H;1-31H. The molecule has 110 heavy (non-hydrogen) atoms. The molecule has 0 aliphatic heterocycles. The first-order chi connectivity index (χ1) is 54.5. The molecule has 0 N–H and O–H groups in total. The Labute approximate surface area is 634 Å². The van der Waals surface area contributed by atoms with E-state index in [-0.39, 0.29) is 0 Å². The van der Waals surface area contributed by atoms with Crippen LogP contribution in [-0.4, -0.2) is 29.9 Å². The summed E-state index contributed by atoms with van der Waals surface area (Å²) in [6.45, 7) is 0. The summed E-state index contributed by atoms with van der Waals surface area (Å²) < 4.78 is 13.8. The summed E-state index contributed by atoms with van der Waals surface area (Å²) in [6, 6.07) is 135. The fourth-order valence-corrected chi connectivity index (χ4v) is 15.5. The fourth-order valence-electron chi connectivity index (χ4n) is 15.5. The molecule has 0 radical (unpaired) electrons. The smallest absolute Gasteiger partial charge is 0.167 e. The third-order valence-corrected chi connectivity index (χ3v) is 20.8. The third kappa shape index (κ3) is 12.1. The van der Waals surface area contributed by atoms with Gasteiger partial charge in [0.25, 0.3) is 0 Å². The molecule has 0 amide bonds. The first-order valence-corrected chi connectivity index (χ1v) is 37.0. The van der Waals surface area contributed by atoms with Crippen molar-refractivity contribution >= 4 is 76.2 Å². The number of hydrogen-bond acceptors (Lipinski definition) is 8. The van der Waals surface area contributed by atoms with E-state index in [1.54, 1.807) is 0 Å². The first-order valence-electron chi connectivity index (χ1n) is 37.0. The summed E-state index contributed by atoms with van der Waals surface area (Å²) in [7, 11) is 0. The van der Waals surface area contributed by atoms with Gasteiger partial charge in [-0.15, -0.1) is 0 Å². The zero-order valence-corrected chi connectivity index (χ0v) is 59.5. The fraction of sp³-hybridized carbons (Fsp3) is 0. The van der Waals surface area contributed by atoms with Crippen molar-refractivity contribution in [2.45, 2.75) is 0 Å². The van der Waals surface area contributed by atoms with Gasteiger partial charge in [-0.2, -0.15) is 0 Å². The maximum Gasteiger partial charge on any atom is 0.167 e. The lowest BCUT2D eigenvalue weighted by atomic mass is 9.90. The van der Waals surface area contributed by atoms with Crippen molar-refractivity contribution in [1.82, 2.24) is 29.9 Å². The average Bonchev–Trinajstić information content (AvgIpc) is 1.53. The van der Waals surface area contributed by atoms with Gasteiger partial charge in [0.1, 0.15) is 22.3 Å². The Bertz CT molecular complexity index is 6920. The molecule has 4 aromatic heterocycles. The number of furan rings is 2. The minimum atomic E-state index is 0.560. The number of benzene rings is 17. The predicted molar refractivity (Wildman–Crippen MR) is 452 cm³/mol. The molecule has 0 saturated carbocycles. The molecule has 0 saturated heterocycles. The van der Waals surface area contributed by atoms with Gasteiger partial charge in [0.05, 0.1) is 11.1 Å². The number of rotatable bonds is 12. The molecular weight excluding hydrogens is 1340 g/mol. The van der Waals surface area contributed by atoms with Gasteiger partial charge in [-0.05, 0) is 148 Å². The summed E-state index contributed by atoms with van der Waals surface area (Å²) in [5.74, 6) is 3.58. The van der Waals surface area contributed by atoms with Crippen molar-refractivity contribution in [1.29, 1.82) is 0 Å². The number of fused-ring (bicyclic) bond motifs is 11. The van der Waals surface area contributed by atoms with Crippen LogP contribution in [0.2, 0.25) is 0 Å². The van der Waals surface area contributed by atoms with E-state index in [4.69, 9.17) is 38.7 Å². The largest absolute Gasteiger partial charge is 0.455 e. The van der Waals surface area contributed by atoms with E-state index in [2.05, 4.69) is 285 Å². The van der Waals surface area contributed by atoms with E-state index in [0.717, 1.165) is 132 Å².